The van der Waals surface area contributed by atoms with Gasteiger partial charge in [-0.1, -0.05) is 13.8 Å². The summed E-state index contributed by atoms with van der Waals surface area (Å²) in [7, 11) is 0. The summed E-state index contributed by atoms with van der Waals surface area (Å²) in [5.74, 6) is 8.56. The minimum atomic E-state index is 0. The van der Waals surface area contributed by atoms with Crippen molar-refractivity contribution in [2.24, 2.45) is 17.8 Å². The second-order valence-electron chi connectivity index (χ2n) is 3.91. The van der Waals surface area contributed by atoms with Crippen molar-refractivity contribution in [1.82, 2.24) is 5.32 Å². The van der Waals surface area contributed by atoms with Gasteiger partial charge in [0.25, 0.3) is 0 Å². The zero-order valence-corrected chi connectivity index (χ0v) is 8.35. The predicted octanol–water partition coefficient (Wildman–Crippen LogP) is 2.14. The lowest BCUT2D eigenvalue weighted by atomic mass is 9.78. The molecule has 0 aliphatic carbocycles. The van der Waals surface area contributed by atoms with E-state index >= 15 is 0 Å². The molecule has 70 valence electrons. The molecule has 0 bridgehead atoms. The van der Waals surface area contributed by atoms with Crippen LogP contribution in [-0.4, -0.2) is 13.1 Å². The molecule has 2 unspecified atom stereocenters. The van der Waals surface area contributed by atoms with Crippen LogP contribution >= 0.6 is 0 Å². The van der Waals surface area contributed by atoms with Gasteiger partial charge in [0.1, 0.15) is 0 Å². The molecule has 2 atom stereocenters. The Bertz CT molecular complexity index is 182. The van der Waals surface area contributed by atoms with E-state index in [1.54, 1.807) is 0 Å². The molecule has 12 heavy (non-hydrogen) atoms. The lowest BCUT2D eigenvalue weighted by Crippen LogP contribution is -2.40. The molecule has 1 aliphatic heterocycles. The summed E-state index contributed by atoms with van der Waals surface area (Å²) < 4.78 is 0. The molecule has 0 amide bonds. The van der Waals surface area contributed by atoms with Crippen LogP contribution in [0, 0.1) is 29.6 Å². The van der Waals surface area contributed by atoms with Crippen molar-refractivity contribution in [3.8, 4) is 11.8 Å². The van der Waals surface area contributed by atoms with E-state index in [4.69, 9.17) is 0 Å². The fourth-order valence-electron chi connectivity index (χ4n) is 2.02. The quantitative estimate of drug-likeness (QED) is 0.590. The van der Waals surface area contributed by atoms with E-state index in [-0.39, 0.29) is 1.43 Å². The van der Waals surface area contributed by atoms with E-state index in [1.165, 1.54) is 13.1 Å². The lowest BCUT2D eigenvalue weighted by Gasteiger charge is -2.34. The maximum absolute atomic E-state index is 3.44. The minimum absolute atomic E-state index is 0. The highest BCUT2D eigenvalue weighted by Gasteiger charge is 2.26. The number of hydrogen-bond donors (Lipinski definition) is 1. The van der Waals surface area contributed by atoms with Gasteiger partial charge >= 0.3 is 0 Å². The van der Waals surface area contributed by atoms with Gasteiger partial charge in [0.05, 0.1) is 0 Å². The average molecular weight is 167 g/mol. The van der Waals surface area contributed by atoms with Crippen molar-refractivity contribution >= 4 is 0 Å². The van der Waals surface area contributed by atoms with E-state index in [9.17, 15) is 0 Å². The molecule has 0 aromatic rings. The van der Waals surface area contributed by atoms with E-state index in [2.05, 4.69) is 31.0 Å². The summed E-state index contributed by atoms with van der Waals surface area (Å²) in [6.45, 7) is 8.91. The number of piperidine rings is 1. The first-order valence-electron chi connectivity index (χ1n) is 4.86. The molecule has 0 aromatic carbocycles. The third-order valence-electron chi connectivity index (χ3n) is 2.91. The van der Waals surface area contributed by atoms with Gasteiger partial charge in [-0.2, -0.15) is 0 Å². The second kappa shape index (κ2) is 4.52. The lowest BCUT2D eigenvalue weighted by molar-refractivity contribution is 0.201. The molecular formula is C11H21N. The average Bonchev–Trinajstić information content (AvgIpc) is 2.04. The van der Waals surface area contributed by atoms with Crippen LogP contribution in [0.5, 0.6) is 0 Å². The molecule has 1 nitrogen and oxygen atoms in total. The van der Waals surface area contributed by atoms with Crippen LogP contribution in [0.25, 0.3) is 0 Å². The Morgan fingerprint density at radius 1 is 1.33 bits per heavy atom. The van der Waals surface area contributed by atoms with Crippen molar-refractivity contribution in [2.45, 2.75) is 27.2 Å². The third-order valence-corrected chi connectivity index (χ3v) is 2.91. The second-order valence-corrected chi connectivity index (χ2v) is 3.91. The zero-order valence-electron chi connectivity index (χ0n) is 8.35. The van der Waals surface area contributed by atoms with E-state index < -0.39 is 0 Å². The Hall–Kier alpha value is -0.480. The highest BCUT2D eigenvalue weighted by atomic mass is 14.9. The number of nitrogens with one attached hydrogen (secondary N) is 1. The normalized spacial score (nSPS) is 35.4. The Kier molecular flexibility index (Phi) is 3.62. The third kappa shape index (κ3) is 2.25. The van der Waals surface area contributed by atoms with Crippen molar-refractivity contribution in [1.29, 1.82) is 0 Å². The number of hydrogen-bond acceptors (Lipinski definition) is 1. The van der Waals surface area contributed by atoms with Gasteiger partial charge in [0.2, 0.25) is 0 Å². The minimum Gasteiger partial charge on any atom is -0.316 e. The largest absolute Gasteiger partial charge is 0.316 e. The maximum Gasteiger partial charge on any atom is 0.0123 e. The first kappa shape index (κ1) is 9.61. The first-order chi connectivity index (χ1) is 5.75. The van der Waals surface area contributed by atoms with Crippen LogP contribution in [0.4, 0.5) is 0 Å². The summed E-state index contributed by atoms with van der Waals surface area (Å²) >= 11 is 0. The van der Waals surface area contributed by atoms with Crippen LogP contribution in [0.2, 0.25) is 0 Å². The summed E-state index contributed by atoms with van der Waals surface area (Å²) in [5.41, 5.74) is 0. The van der Waals surface area contributed by atoms with Crippen molar-refractivity contribution < 1.29 is 1.43 Å². The van der Waals surface area contributed by atoms with Crippen LogP contribution in [0.1, 0.15) is 28.6 Å². The monoisotopic (exact) mass is 167 g/mol. The van der Waals surface area contributed by atoms with Gasteiger partial charge in [-0.15, -0.1) is 11.8 Å². The standard InChI is InChI=1S/C11H19N.H2/c1-4-5-6-11-9(2)7-12-8-10(11)3;/h9-12H,6-8H2,1-3H3;1H. The van der Waals surface area contributed by atoms with E-state index in [0.29, 0.717) is 0 Å². The summed E-state index contributed by atoms with van der Waals surface area (Å²) in [6, 6.07) is 0. The molecule has 0 saturated carbocycles. The highest BCUT2D eigenvalue weighted by Crippen LogP contribution is 2.26. The van der Waals surface area contributed by atoms with Crippen molar-refractivity contribution in [3.63, 3.8) is 0 Å². The molecule has 0 radical (unpaired) electrons. The van der Waals surface area contributed by atoms with Crippen LogP contribution in [-0.2, 0) is 0 Å². The Balaban J connectivity index is 0.00000144. The fraction of sp³-hybridized carbons (Fsp3) is 0.818. The molecule has 1 heterocycles. The molecule has 1 heteroatoms. The van der Waals surface area contributed by atoms with Gasteiger partial charge in [-0.3, -0.25) is 0 Å². The van der Waals surface area contributed by atoms with E-state index in [1.807, 2.05) is 6.92 Å². The topological polar surface area (TPSA) is 12.0 Å². The van der Waals surface area contributed by atoms with E-state index in [0.717, 1.165) is 24.2 Å². The highest BCUT2D eigenvalue weighted by molar-refractivity contribution is 4.99. The smallest absolute Gasteiger partial charge is 0.0123 e. The van der Waals surface area contributed by atoms with Crippen LogP contribution < -0.4 is 5.32 Å². The Morgan fingerprint density at radius 3 is 2.42 bits per heavy atom. The molecule has 1 fully saturated rings. The SMILES string of the molecule is CC#CCC1C(C)CNCC1C.[HH]. The predicted molar refractivity (Wildman–Crippen MR) is 54.9 cm³/mol. The van der Waals surface area contributed by atoms with Crippen LogP contribution in [0.15, 0.2) is 0 Å². The Labute approximate surface area is 77.4 Å². The molecule has 1 aliphatic rings. The number of rotatable bonds is 1. The fourth-order valence-corrected chi connectivity index (χ4v) is 2.02. The Morgan fingerprint density at radius 2 is 1.92 bits per heavy atom. The molecule has 0 spiro atoms. The first-order valence-corrected chi connectivity index (χ1v) is 4.86. The molecule has 1 saturated heterocycles. The molecular weight excluding hydrogens is 146 g/mol. The summed E-state index contributed by atoms with van der Waals surface area (Å²) in [4.78, 5) is 0. The van der Waals surface area contributed by atoms with Gasteiger partial charge in [-0.25, -0.2) is 0 Å². The van der Waals surface area contributed by atoms with Gasteiger partial charge in [0.15, 0.2) is 0 Å². The maximum atomic E-state index is 3.44. The van der Waals surface area contributed by atoms with Crippen LogP contribution in [0.3, 0.4) is 0 Å². The van der Waals surface area contributed by atoms with Gasteiger partial charge in [0, 0.05) is 7.85 Å². The van der Waals surface area contributed by atoms with Gasteiger partial charge in [-0.05, 0) is 37.8 Å². The molecule has 0 aromatic heterocycles. The summed E-state index contributed by atoms with van der Waals surface area (Å²) in [6.07, 6.45) is 1.08. The van der Waals surface area contributed by atoms with Crippen molar-refractivity contribution in [3.05, 3.63) is 0 Å². The zero-order chi connectivity index (χ0) is 8.97. The molecule has 1 rings (SSSR count). The van der Waals surface area contributed by atoms with Gasteiger partial charge < -0.3 is 5.32 Å². The summed E-state index contributed by atoms with van der Waals surface area (Å²) in [5, 5.41) is 3.44. The van der Waals surface area contributed by atoms with Crippen molar-refractivity contribution in [2.75, 3.05) is 13.1 Å². The molecule has 1 N–H and O–H groups in total.